The number of aliphatic hydroxyl groups excluding tert-OH is 1. The number of carbonyl (C=O) groups is 2. The van der Waals surface area contributed by atoms with E-state index in [2.05, 4.69) is 19.2 Å². The van der Waals surface area contributed by atoms with Crippen LogP contribution in [-0.2, 0) is 37.2 Å². The minimum atomic E-state index is -5.27. The number of nitrogens with one attached hydrogen (secondary N) is 1. The molecule has 0 aliphatic carbocycles. The predicted molar refractivity (Wildman–Crippen MR) is 208 cm³/mol. The quantitative estimate of drug-likeness (QED) is 0.0201. The van der Waals surface area contributed by atoms with Gasteiger partial charge in [-0.15, -0.1) is 0 Å². The Kier molecular flexibility index (Phi) is 29.4. The maximum absolute atomic E-state index is 13.1. The third-order valence-corrected chi connectivity index (χ3v) is 10.9. The van der Waals surface area contributed by atoms with Gasteiger partial charge >= 0.3 is 21.6 Å². The second kappa shape index (κ2) is 31.1. The highest BCUT2D eigenvalue weighted by atomic mass is 31.2. The molecule has 1 heterocycles. The Labute approximate surface area is 325 Å². The summed E-state index contributed by atoms with van der Waals surface area (Å²) >= 11 is 0. The van der Waals surface area contributed by atoms with Crippen molar-refractivity contribution in [3.8, 4) is 0 Å². The van der Waals surface area contributed by atoms with Crippen molar-refractivity contribution in [3.05, 3.63) is 0 Å². The summed E-state index contributed by atoms with van der Waals surface area (Å²) < 4.78 is 44.6. The van der Waals surface area contributed by atoms with Crippen LogP contribution >= 0.6 is 15.6 Å². The number of carbonyl (C=O) groups excluding carboxylic acids is 2. The maximum Gasteiger partial charge on any atom is 0.472 e. The van der Waals surface area contributed by atoms with Crippen LogP contribution in [0.3, 0.4) is 0 Å². The molecule has 1 fully saturated rings. The molecule has 0 aromatic rings. The first kappa shape index (κ1) is 51.1. The van der Waals surface area contributed by atoms with Crippen molar-refractivity contribution in [1.29, 1.82) is 0 Å². The average Bonchev–Trinajstić information content (AvgIpc) is 3.10. The minimum absolute atomic E-state index is 0.0317. The number of esters is 1. The van der Waals surface area contributed by atoms with E-state index in [1.54, 1.807) is 0 Å². The Morgan fingerprint density at radius 2 is 0.926 bits per heavy atom. The van der Waals surface area contributed by atoms with Gasteiger partial charge in [0.05, 0.1) is 6.61 Å². The topological polar surface area (TPSA) is 218 Å². The number of phosphoric acid groups is 2. The molecule has 1 saturated heterocycles. The van der Waals surface area contributed by atoms with Crippen molar-refractivity contribution in [3.63, 3.8) is 0 Å². The summed E-state index contributed by atoms with van der Waals surface area (Å²) in [5.74, 6) is -1.34. The smallest absolute Gasteiger partial charge is 0.457 e. The molecule has 0 aromatic heterocycles. The van der Waals surface area contributed by atoms with E-state index >= 15 is 0 Å². The van der Waals surface area contributed by atoms with Crippen LogP contribution in [0.25, 0.3) is 0 Å². The lowest BCUT2D eigenvalue weighted by Gasteiger charge is -2.45. The Balaban J connectivity index is 2.72. The first-order valence-electron chi connectivity index (χ1n) is 21.0. The van der Waals surface area contributed by atoms with E-state index in [0.717, 1.165) is 51.4 Å². The van der Waals surface area contributed by atoms with E-state index in [-0.39, 0.29) is 12.8 Å². The minimum Gasteiger partial charge on any atom is -0.457 e. The zero-order valence-electron chi connectivity index (χ0n) is 33.3. The van der Waals surface area contributed by atoms with E-state index in [0.29, 0.717) is 12.8 Å². The van der Waals surface area contributed by atoms with Crippen molar-refractivity contribution in [1.82, 2.24) is 5.32 Å². The van der Waals surface area contributed by atoms with Crippen LogP contribution < -0.4 is 5.32 Å². The number of hydrogen-bond acceptors (Lipinski definition) is 9. The Morgan fingerprint density at radius 3 is 1.30 bits per heavy atom. The molecule has 1 aliphatic rings. The Morgan fingerprint density at radius 1 is 0.556 bits per heavy atom. The molecule has 0 saturated carbocycles. The Hall–Kier alpha value is -0.920. The summed E-state index contributed by atoms with van der Waals surface area (Å²) in [6, 6.07) is -1.62. The standard InChI is InChI=1S/C38H75NO13P2/c1-3-5-7-9-11-13-15-17-19-21-23-25-27-29-33(41)39-35-37(36(51-53(43,44)45)32(31-40)49-38(35)52-54(46,47)48)50-34(42)30-28-26-24-22-20-18-16-14-12-10-8-6-4-2/h32,35-38,40H,3-31H2,1-2H3,(H,39,41)(H2,43,44,45)(H2,46,47,48)/t32-,35-,36-,37-,38-/m1/s1. The van der Waals surface area contributed by atoms with Crippen LogP contribution in [0, 0.1) is 0 Å². The molecule has 0 bridgehead atoms. The number of amides is 1. The van der Waals surface area contributed by atoms with Gasteiger partial charge in [0.15, 0.2) is 12.4 Å². The van der Waals surface area contributed by atoms with Gasteiger partial charge in [-0.2, -0.15) is 0 Å². The molecular formula is C38H75NO13P2. The largest absolute Gasteiger partial charge is 0.472 e. The lowest BCUT2D eigenvalue weighted by atomic mass is 9.96. The summed E-state index contributed by atoms with van der Waals surface area (Å²) in [6.45, 7) is 3.49. The molecule has 5 atom stereocenters. The fourth-order valence-electron chi connectivity index (χ4n) is 6.91. The monoisotopic (exact) mass is 815 g/mol. The van der Waals surface area contributed by atoms with Crippen LogP contribution in [0.15, 0.2) is 0 Å². The summed E-state index contributed by atoms with van der Waals surface area (Å²) in [6.07, 6.45) is 21.8. The molecule has 0 radical (unpaired) electrons. The van der Waals surface area contributed by atoms with Crippen LogP contribution in [-0.4, -0.2) is 73.8 Å². The zero-order chi connectivity index (χ0) is 40.1. The van der Waals surface area contributed by atoms with Gasteiger partial charge in [0.25, 0.3) is 0 Å². The van der Waals surface area contributed by atoms with Crippen LogP contribution in [0.1, 0.15) is 194 Å². The van der Waals surface area contributed by atoms with Crippen molar-refractivity contribution in [2.45, 2.75) is 224 Å². The molecule has 16 heteroatoms. The zero-order valence-corrected chi connectivity index (χ0v) is 35.1. The van der Waals surface area contributed by atoms with Crippen molar-refractivity contribution < 1.29 is 61.9 Å². The molecule has 0 unspecified atom stereocenters. The van der Waals surface area contributed by atoms with Crippen molar-refractivity contribution in [2.75, 3.05) is 6.61 Å². The lowest BCUT2D eigenvalue weighted by molar-refractivity contribution is -0.250. The van der Waals surface area contributed by atoms with Gasteiger partial charge in [0.2, 0.25) is 5.91 Å². The molecule has 54 heavy (non-hydrogen) atoms. The third-order valence-electron chi connectivity index (χ3n) is 9.91. The summed E-state index contributed by atoms with van der Waals surface area (Å²) in [5.41, 5.74) is 0. The molecule has 320 valence electrons. The third kappa shape index (κ3) is 26.8. The van der Waals surface area contributed by atoms with Crippen LogP contribution in [0.5, 0.6) is 0 Å². The molecule has 1 aliphatic heterocycles. The van der Waals surface area contributed by atoms with Crippen LogP contribution in [0.2, 0.25) is 0 Å². The molecule has 1 rings (SSSR count). The molecule has 0 aromatic carbocycles. The van der Waals surface area contributed by atoms with Gasteiger partial charge in [-0.3, -0.25) is 18.6 Å². The first-order chi connectivity index (χ1) is 25.8. The normalized spacial score (nSPS) is 20.6. The number of phosphoric ester groups is 2. The van der Waals surface area contributed by atoms with Gasteiger partial charge in [-0.25, -0.2) is 9.13 Å². The number of rotatable bonds is 35. The van der Waals surface area contributed by atoms with Gasteiger partial charge in [0.1, 0.15) is 18.2 Å². The first-order valence-corrected chi connectivity index (χ1v) is 24.1. The number of hydrogen-bond donors (Lipinski definition) is 6. The summed E-state index contributed by atoms with van der Waals surface area (Å²) in [4.78, 5) is 64.7. The summed E-state index contributed by atoms with van der Waals surface area (Å²) in [5, 5.41) is 12.5. The fraction of sp³-hybridized carbons (Fsp3) is 0.947. The lowest BCUT2D eigenvalue weighted by Crippen LogP contribution is -2.66. The van der Waals surface area contributed by atoms with Gasteiger partial charge < -0.3 is 39.5 Å². The van der Waals surface area contributed by atoms with E-state index in [1.165, 1.54) is 103 Å². The molecule has 6 N–H and O–H groups in total. The molecule has 1 amide bonds. The SMILES string of the molecule is CCCCCCCCCCCCCCCC(=O)N[C@H]1[C@@H](OP(=O)(O)O)O[C@H](CO)[C@@H](OP(=O)(O)O)[C@@H]1OC(=O)CCCCCCCCCCCCCCC. The van der Waals surface area contributed by atoms with Crippen molar-refractivity contribution >= 4 is 27.5 Å². The second-order valence-corrected chi connectivity index (χ2v) is 17.3. The van der Waals surface area contributed by atoms with Gasteiger partial charge in [-0.05, 0) is 12.8 Å². The highest BCUT2D eigenvalue weighted by Gasteiger charge is 2.53. The van der Waals surface area contributed by atoms with E-state index in [9.17, 15) is 43.4 Å². The molecular weight excluding hydrogens is 740 g/mol. The van der Waals surface area contributed by atoms with E-state index in [4.69, 9.17) is 18.5 Å². The van der Waals surface area contributed by atoms with E-state index in [1.807, 2.05) is 0 Å². The van der Waals surface area contributed by atoms with E-state index < -0.39 is 64.8 Å². The Bertz CT molecular complexity index is 1060. The highest BCUT2D eigenvalue weighted by molar-refractivity contribution is 7.46. The fourth-order valence-corrected chi connectivity index (χ4v) is 7.94. The molecule has 0 spiro atoms. The van der Waals surface area contributed by atoms with Crippen molar-refractivity contribution in [2.24, 2.45) is 0 Å². The molecule has 14 nitrogen and oxygen atoms in total. The summed E-state index contributed by atoms with van der Waals surface area (Å²) in [7, 11) is -10.5. The predicted octanol–water partition coefficient (Wildman–Crippen LogP) is 8.65. The average molecular weight is 816 g/mol. The number of unbranched alkanes of at least 4 members (excludes halogenated alkanes) is 24. The second-order valence-electron chi connectivity index (χ2n) is 14.9. The highest BCUT2D eigenvalue weighted by Crippen LogP contribution is 2.45. The maximum atomic E-state index is 13.1. The van der Waals surface area contributed by atoms with Crippen LogP contribution in [0.4, 0.5) is 0 Å². The number of aliphatic hydroxyl groups is 1. The van der Waals surface area contributed by atoms with Gasteiger partial charge in [-0.1, -0.05) is 168 Å². The number of ether oxygens (including phenoxy) is 2. The van der Waals surface area contributed by atoms with Gasteiger partial charge in [0, 0.05) is 12.8 Å².